The lowest BCUT2D eigenvalue weighted by Gasteiger charge is -2.08. The van der Waals surface area contributed by atoms with E-state index in [1.165, 1.54) is 12.1 Å². The summed E-state index contributed by atoms with van der Waals surface area (Å²) in [5, 5.41) is 4.96. The Hall–Kier alpha value is -3.52. The van der Waals surface area contributed by atoms with Crippen molar-refractivity contribution in [2.75, 3.05) is 7.11 Å². The third-order valence-corrected chi connectivity index (χ3v) is 4.88. The van der Waals surface area contributed by atoms with Crippen LogP contribution in [-0.4, -0.2) is 28.2 Å². The second-order valence-corrected chi connectivity index (χ2v) is 7.03. The maximum Gasteiger partial charge on any atom is 0.306 e. The van der Waals surface area contributed by atoms with Gasteiger partial charge < -0.3 is 14.0 Å². The van der Waals surface area contributed by atoms with Crippen molar-refractivity contribution in [3.05, 3.63) is 71.0 Å². The monoisotopic (exact) mass is 441 g/mol. The van der Waals surface area contributed by atoms with Gasteiger partial charge in [0, 0.05) is 29.0 Å². The number of fused-ring (bicyclic) bond motifs is 1. The molecule has 0 saturated heterocycles. The number of ether oxygens (including phenoxy) is 2. The topological polar surface area (TPSA) is 87.3 Å². The molecule has 0 spiro atoms. The second kappa shape index (κ2) is 9.09. The van der Waals surface area contributed by atoms with Crippen LogP contribution in [0.3, 0.4) is 0 Å². The molecule has 31 heavy (non-hydrogen) atoms. The number of pyridine rings is 1. The third kappa shape index (κ3) is 4.97. The van der Waals surface area contributed by atoms with Crippen LogP contribution in [0.25, 0.3) is 22.3 Å². The lowest BCUT2D eigenvalue weighted by Crippen LogP contribution is -2.07. The molecule has 0 amide bonds. The Morgan fingerprint density at radius 1 is 1.13 bits per heavy atom. The minimum Gasteiger partial charge on any atom is -0.497 e. The van der Waals surface area contributed by atoms with E-state index in [1.54, 1.807) is 25.3 Å². The summed E-state index contributed by atoms with van der Waals surface area (Å²) < 4.78 is 28.6. The standard InChI is InChI=1S/C22H17ClFN3O4/c1-29-17-7-4-14-10-15(21(23)25-18(14)11-17)12-30-20(28)9-8-19-26-22(27-31-19)13-2-5-16(24)6-3-13/h2-7,10-11H,8-9,12H2,1H3. The van der Waals surface area contributed by atoms with Crippen LogP contribution in [0, 0.1) is 5.82 Å². The number of nitrogens with zero attached hydrogens (tertiary/aromatic N) is 3. The van der Waals surface area contributed by atoms with Crippen molar-refractivity contribution in [3.8, 4) is 17.1 Å². The number of carbonyl (C=O) groups excluding carboxylic acids is 1. The van der Waals surface area contributed by atoms with Crippen molar-refractivity contribution < 1.29 is 23.2 Å². The number of esters is 1. The molecular formula is C22H17ClFN3O4. The Labute approximate surface area is 181 Å². The molecule has 0 saturated carbocycles. The van der Waals surface area contributed by atoms with Crippen LogP contribution in [0.1, 0.15) is 17.9 Å². The molecule has 0 bridgehead atoms. The molecule has 9 heteroatoms. The zero-order valence-electron chi connectivity index (χ0n) is 16.5. The van der Waals surface area contributed by atoms with E-state index in [-0.39, 0.29) is 36.3 Å². The van der Waals surface area contributed by atoms with E-state index in [4.69, 9.17) is 25.6 Å². The Morgan fingerprint density at radius 3 is 2.71 bits per heavy atom. The fourth-order valence-electron chi connectivity index (χ4n) is 2.91. The van der Waals surface area contributed by atoms with E-state index in [0.29, 0.717) is 28.2 Å². The zero-order chi connectivity index (χ0) is 21.8. The number of hydrogen-bond donors (Lipinski definition) is 0. The molecule has 0 aliphatic carbocycles. The molecule has 2 aromatic carbocycles. The predicted octanol–water partition coefficient (Wildman–Crippen LogP) is 4.76. The predicted molar refractivity (Wildman–Crippen MR) is 111 cm³/mol. The number of rotatable bonds is 7. The van der Waals surface area contributed by atoms with Gasteiger partial charge in [-0.05, 0) is 42.5 Å². The highest BCUT2D eigenvalue weighted by Gasteiger charge is 2.13. The molecular weight excluding hydrogens is 425 g/mol. The van der Waals surface area contributed by atoms with E-state index in [2.05, 4.69) is 15.1 Å². The Kier molecular flexibility index (Phi) is 6.08. The molecule has 7 nitrogen and oxygen atoms in total. The van der Waals surface area contributed by atoms with Crippen molar-refractivity contribution in [1.82, 2.24) is 15.1 Å². The van der Waals surface area contributed by atoms with Gasteiger partial charge in [0.15, 0.2) is 0 Å². The Bertz CT molecular complexity index is 1230. The highest BCUT2D eigenvalue weighted by Crippen LogP contribution is 2.25. The molecule has 158 valence electrons. The van der Waals surface area contributed by atoms with Crippen molar-refractivity contribution in [2.24, 2.45) is 0 Å². The number of methoxy groups -OCH3 is 1. The summed E-state index contributed by atoms with van der Waals surface area (Å²) in [7, 11) is 1.58. The Balaban J connectivity index is 1.33. The molecule has 4 aromatic rings. The second-order valence-electron chi connectivity index (χ2n) is 6.68. The van der Waals surface area contributed by atoms with Crippen LogP contribution < -0.4 is 4.74 Å². The van der Waals surface area contributed by atoms with Gasteiger partial charge in [-0.1, -0.05) is 16.8 Å². The summed E-state index contributed by atoms with van der Waals surface area (Å²) in [5.41, 5.74) is 1.91. The maximum absolute atomic E-state index is 13.0. The van der Waals surface area contributed by atoms with Gasteiger partial charge in [0.05, 0.1) is 19.0 Å². The fraction of sp³-hybridized carbons (Fsp3) is 0.182. The van der Waals surface area contributed by atoms with Gasteiger partial charge in [-0.3, -0.25) is 4.79 Å². The van der Waals surface area contributed by atoms with Gasteiger partial charge in [-0.2, -0.15) is 4.98 Å². The van der Waals surface area contributed by atoms with Crippen molar-refractivity contribution in [1.29, 1.82) is 0 Å². The van der Waals surface area contributed by atoms with Gasteiger partial charge in [-0.15, -0.1) is 0 Å². The van der Waals surface area contributed by atoms with E-state index in [9.17, 15) is 9.18 Å². The molecule has 0 N–H and O–H groups in total. The highest BCUT2D eigenvalue weighted by atomic mass is 35.5. The van der Waals surface area contributed by atoms with Crippen LogP contribution in [-0.2, 0) is 22.6 Å². The summed E-state index contributed by atoms with van der Waals surface area (Å²) in [6.45, 7) is -0.00268. The van der Waals surface area contributed by atoms with Gasteiger partial charge in [0.1, 0.15) is 23.3 Å². The molecule has 0 aliphatic heterocycles. The van der Waals surface area contributed by atoms with Crippen LogP contribution in [0.15, 0.2) is 53.1 Å². The van der Waals surface area contributed by atoms with Crippen molar-refractivity contribution in [3.63, 3.8) is 0 Å². The highest BCUT2D eigenvalue weighted by molar-refractivity contribution is 6.30. The third-order valence-electron chi connectivity index (χ3n) is 4.55. The number of aromatic nitrogens is 3. The number of halogens is 2. The van der Waals surface area contributed by atoms with Crippen molar-refractivity contribution >= 4 is 28.5 Å². The minimum absolute atomic E-state index is 0.00268. The van der Waals surface area contributed by atoms with E-state index < -0.39 is 5.97 Å². The van der Waals surface area contributed by atoms with Crippen molar-refractivity contribution in [2.45, 2.75) is 19.4 Å². The molecule has 2 heterocycles. The van der Waals surface area contributed by atoms with Crippen LogP contribution in [0.5, 0.6) is 5.75 Å². The average molecular weight is 442 g/mol. The molecule has 0 aliphatic rings. The molecule has 0 atom stereocenters. The van der Waals surface area contributed by atoms with E-state index in [0.717, 1.165) is 5.39 Å². The van der Waals surface area contributed by atoms with Crippen LogP contribution in [0.4, 0.5) is 4.39 Å². The summed E-state index contributed by atoms with van der Waals surface area (Å²) in [6.07, 6.45) is 0.275. The molecule has 4 rings (SSSR count). The van der Waals surface area contributed by atoms with Gasteiger partial charge in [0.25, 0.3) is 0 Å². The SMILES string of the molecule is COc1ccc2cc(COC(=O)CCc3nc(-c4ccc(F)cc4)no3)c(Cl)nc2c1. The van der Waals surface area contributed by atoms with Gasteiger partial charge in [0.2, 0.25) is 11.7 Å². The van der Waals surface area contributed by atoms with Crippen LogP contribution in [0.2, 0.25) is 5.15 Å². The first-order valence-electron chi connectivity index (χ1n) is 9.39. The first-order chi connectivity index (χ1) is 15.0. The molecule has 2 aromatic heterocycles. The largest absolute Gasteiger partial charge is 0.497 e. The van der Waals surface area contributed by atoms with Crippen LogP contribution >= 0.6 is 11.6 Å². The lowest BCUT2D eigenvalue weighted by atomic mass is 10.1. The lowest BCUT2D eigenvalue weighted by molar-refractivity contribution is -0.145. The van der Waals surface area contributed by atoms with E-state index in [1.807, 2.05) is 18.2 Å². The number of hydrogen-bond acceptors (Lipinski definition) is 7. The molecule has 0 fully saturated rings. The first kappa shape index (κ1) is 20.7. The summed E-state index contributed by atoms with van der Waals surface area (Å²) in [5.74, 6) is 0.507. The number of benzene rings is 2. The summed E-state index contributed by atoms with van der Waals surface area (Å²) in [6, 6.07) is 13.0. The normalized spacial score (nSPS) is 10.9. The Morgan fingerprint density at radius 2 is 1.94 bits per heavy atom. The zero-order valence-corrected chi connectivity index (χ0v) is 17.2. The smallest absolute Gasteiger partial charge is 0.306 e. The quantitative estimate of drug-likeness (QED) is 0.302. The molecule has 0 radical (unpaired) electrons. The summed E-state index contributed by atoms with van der Waals surface area (Å²) >= 11 is 6.23. The summed E-state index contributed by atoms with van der Waals surface area (Å²) in [4.78, 5) is 20.7. The fourth-order valence-corrected chi connectivity index (χ4v) is 3.11. The molecule has 0 unspecified atom stereocenters. The van der Waals surface area contributed by atoms with Gasteiger partial charge in [-0.25, -0.2) is 9.37 Å². The average Bonchev–Trinajstić information content (AvgIpc) is 3.25. The maximum atomic E-state index is 13.0. The van der Waals surface area contributed by atoms with Gasteiger partial charge >= 0.3 is 5.97 Å². The number of carbonyl (C=O) groups is 1. The number of aryl methyl sites for hydroxylation is 1. The first-order valence-corrected chi connectivity index (χ1v) is 9.77. The minimum atomic E-state index is -0.438. The van der Waals surface area contributed by atoms with E-state index >= 15 is 0 Å².